The third-order valence-corrected chi connectivity index (χ3v) is 0.696. The van der Waals surface area contributed by atoms with Gasteiger partial charge in [0.05, 0.1) is 0 Å². The highest BCUT2D eigenvalue weighted by molar-refractivity contribution is 5.00. The summed E-state index contributed by atoms with van der Waals surface area (Å²) in [6.07, 6.45) is 7.56. The van der Waals surface area contributed by atoms with E-state index in [1.165, 1.54) is 0 Å². The standard InChI is InChI=1S/C8H10/c1-3-5-7-8-6-4-2/h1H,4-5,7H2,2H3. The van der Waals surface area contributed by atoms with Gasteiger partial charge < -0.3 is 0 Å². The molecule has 0 rings (SSSR count). The molecule has 0 fully saturated rings. The van der Waals surface area contributed by atoms with Crippen molar-refractivity contribution in [2.24, 2.45) is 0 Å². The maximum absolute atomic E-state index is 4.99. The Hall–Kier alpha value is -0.880. The predicted octanol–water partition coefficient (Wildman–Crippen LogP) is 1.81. The Morgan fingerprint density at radius 2 is 2.00 bits per heavy atom. The van der Waals surface area contributed by atoms with Gasteiger partial charge in [0.15, 0.2) is 0 Å². The molecule has 0 aromatic rings. The van der Waals surface area contributed by atoms with Crippen LogP contribution in [0.2, 0.25) is 0 Å². The first-order chi connectivity index (χ1) is 3.91. The SMILES string of the molecule is C#CCCC#CCC. The molecule has 0 nitrogen and oxygen atoms in total. The molecule has 8 heavy (non-hydrogen) atoms. The first-order valence-corrected chi connectivity index (χ1v) is 2.81. The minimum atomic E-state index is 0.785. The zero-order valence-corrected chi connectivity index (χ0v) is 5.20. The molecule has 0 aromatic carbocycles. The van der Waals surface area contributed by atoms with Crippen LogP contribution in [0.1, 0.15) is 26.2 Å². The molecule has 0 aromatic heterocycles. The average molecular weight is 106 g/mol. The van der Waals surface area contributed by atoms with E-state index >= 15 is 0 Å². The highest BCUT2D eigenvalue weighted by atomic mass is 13.7. The number of hydrogen-bond donors (Lipinski definition) is 0. The molecule has 0 heteroatoms. The van der Waals surface area contributed by atoms with Crippen molar-refractivity contribution in [3.8, 4) is 24.2 Å². The smallest absolute Gasteiger partial charge is 0.0198 e. The van der Waals surface area contributed by atoms with Gasteiger partial charge in [-0.05, 0) is 0 Å². The topological polar surface area (TPSA) is 0 Å². The van der Waals surface area contributed by atoms with Crippen molar-refractivity contribution in [2.45, 2.75) is 26.2 Å². The molecule has 0 saturated heterocycles. The molecule has 42 valence electrons. The molecule has 0 saturated carbocycles. The van der Waals surface area contributed by atoms with E-state index in [2.05, 4.69) is 17.8 Å². The summed E-state index contributed by atoms with van der Waals surface area (Å²) in [5.41, 5.74) is 0. The second-order valence-corrected chi connectivity index (χ2v) is 1.41. The Balaban J connectivity index is 3.06. The van der Waals surface area contributed by atoms with E-state index in [1.807, 2.05) is 6.92 Å². The van der Waals surface area contributed by atoms with Gasteiger partial charge in [0.1, 0.15) is 0 Å². The van der Waals surface area contributed by atoms with Crippen molar-refractivity contribution in [3.63, 3.8) is 0 Å². The van der Waals surface area contributed by atoms with Crippen molar-refractivity contribution < 1.29 is 0 Å². The van der Waals surface area contributed by atoms with Crippen LogP contribution in [0.3, 0.4) is 0 Å². The van der Waals surface area contributed by atoms with E-state index in [1.54, 1.807) is 0 Å². The summed E-state index contributed by atoms with van der Waals surface area (Å²) >= 11 is 0. The van der Waals surface area contributed by atoms with Crippen LogP contribution in [0.5, 0.6) is 0 Å². The van der Waals surface area contributed by atoms with Crippen LogP contribution >= 0.6 is 0 Å². The number of hydrogen-bond acceptors (Lipinski definition) is 0. The number of terminal acetylenes is 1. The zero-order valence-electron chi connectivity index (χ0n) is 5.20. The fourth-order valence-corrected chi connectivity index (χ4v) is 0.348. The quantitative estimate of drug-likeness (QED) is 0.353. The zero-order chi connectivity index (χ0) is 6.24. The normalized spacial score (nSPS) is 6.50. The summed E-state index contributed by atoms with van der Waals surface area (Å²) in [4.78, 5) is 0. The first-order valence-electron chi connectivity index (χ1n) is 2.81. The minimum absolute atomic E-state index is 0.785. The van der Waals surface area contributed by atoms with Gasteiger partial charge in [0, 0.05) is 19.3 Å². The molecule has 0 unspecified atom stereocenters. The average Bonchev–Trinajstić information content (AvgIpc) is 1.81. The molecule has 0 heterocycles. The van der Waals surface area contributed by atoms with E-state index < -0.39 is 0 Å². The molecule has 0 aliphatic heterocycles. The molecule has 0 aliphatic rings. The Labute approximate surface area is 51.3 Å². The summed E-state index contributed by atoms with van der Waals surface area (Å²) in [6, 6.07) is 0. The summed E-state index contributed by atoms with van der Waals surface area (Å²) in [5.74, 6) is 8.41. The van der Waals surface area contributed by atoms with Crippen molar-refractivity contribution >= 4 is 0 Å². The van der Waals surface area contributed by atoms with Crippen LogP contribution in [-0.2, 0) is 0 Å². The highest BCUT2D eigenvalue weighted by Gasteiger charge is 1.69. The molecule has 0 atom stereocenters. The number of rotatable bonds is 1. The molecule has 0 aliphatic carbocycles. The molecule has 0 spiro atoms. The van der Waals surface area contributed by atoms with Gasteiger partial charge in [-0.1, -0.05) is 6.92 Å². The van der Waals surface area contributed by atoms with Crippen molar-refractivity contribution in [1.82, 2.24) is 0 Å². The Bertz CT molecular complexity index is 126. The van der Waals surface area contributed by atoms with E-state index in [9.17, 15) is 0 Å². The summed E-state index contributed by atoms with van der Waals surface area (Å²) in [6.45, 7) is 2.03. The van der Waals surface area contributed by atoms with E-state index in [0.29, 0.717) is 0 Å². The third kappa shape index (κ3) is 5.12. The van der Waals surface area contributed by atoms with E-state index in [4.69, 9.17) is 6.42 Å². The summed E-state index contributed by atoms with van der Waals surface area (Å²) < 4.78 is 0. The summed E-state index contributed by atoms with van der Waals surface area (Å²) in [5, 5.41) is 0. The van der Waals surface area contributed by atoms with Crippen molar-refractivity contribution in [1.29, 1.82) is 0 Å². The monoisotopic (exact) mass is 106 g/mol. The Morgan fingerprint density at radius 1 is 1.25 bits per heavy atom. The van der Waals surface area contributed by atoms with Gasteiger partial charge in [0.2, 0.25) is 0 Å². The van der Waals surface area contributed by atoms with Gasteiger partial charge in [-0.2, -0.15) is 0 Å². The predicted molar refractivity (Wildman–Crippen MR) is 36.1 cm³/mol. The summed E-state index contributed by atoms with van der Waals surface area (Å²) in [7, 11) is 0. The lowest BCUT2D eigenvalue weighted by Gasteiger charge is -1.74. The second-order valence-electron chi connectivity index (χ2n) is 1.41. The van der Waals surface area contributed by atoms with Crippen LogP contribution in [0.15, 0.2) is 0 Å². The molecule has 0 radical (unpaired) electrons. The Kier molecular flexibility index (Phi) is 5.45. The molecular weight excluding hydrogens is 96.1 g/mol. The highest BCUT2D eigenvalue weighted by Crippen LogP contribution is 1.81. The van der Waals surface area contributed by atoms with Gasteiger partial charge in [-0.3, -0.25) is 0 Å². The first kappa shape index (κ1) is 7.12. The maximum atomic E-state index is 4.99. The minimum Gasteiger partial charge on any atom is -0.120 e. The van der Waals surface area contributed by atoms with Gasteiger partial charge in [-0.15, -0.1) is 24.2 Å². The lowest BCUT2D eigenvalue weighted by Crippen LogP contribution is -1.62. The van der Waals surface area contributed by atoms with Crippen LogP contribution in [0.4, 0.5) is 0 Å². The van der Waals surface area contributed by atoms with Gasteiger partial charge in [-0.25, -0.2) is 0 Å². The molecule has 0 N–H and O–H groups in total. The molecular formula is C8H10. The van der Waals surface area contributed by atoms with Crippen LogP contribution < -0.4 is 0 Å². The maximum Gasteiger partial charge on any atom is 0.0198 e. The van der Waals surface area contributed by atoms with E-state index in [0.717, 1.165) is 19.3 Å². The molecule has 0 amide bonds. The second kappa shape index (κ2) is 6.12. The van der Waals surface area contributed by atoms with Gasteiger partial charge in [0.25, 0.3) is 0 Å². The van der Waals surface area contributed by atoms with E-state index in [-0.39, 0.29) is 0 Å². The van der Waals surface area contributed by atoms with Crippen LogP contribution in [-0.4, -0.2) is 0 Å². The van der Waals surface area contributed by atoms with Crippen LogP contribution in [0.25, 0.3) is 0 Å². The largest absolute Gasteiger partial charge is 0.120 e. The fourth-order valence-electron chi connectivity index (χ4n) is 0.348. The lowest BCUT2D eigenvalue weighted by atomic mass is 10.3. The molecule has 0 bridgehead atoms. The lowest BCUT2D eigenvalue weighted by molar-refractivity contribution is 1.12. The fraction of sp³-hybridized carbons (Fsp3) is 0.500. The number of unbranched alkanes of at least 4 members (excludes halogenated alkanes) is 1. The van der Waals surface area contributed by atoms with Crippen molar-refractivity contribution in [2.75, 3.05) is 0 Å². The van der Waals surface area contributed by atoms with Crippen LogP contribution in [0, 0.1) is 24.2 Å². The Morgan fingerprint density at radius 3 is 2.50 bits per heavy atom. The van der Waals surface area contributed by atoms with Crippen molar-refractivity contribution in [3.05, 3.63) is 0 Å². The third-order valence-electron chi connectivity index (χ3n) is 0.696. The van der Waals surface area contributed by atoms with Gasteiger partial charge >= 0.3 is 0 Å².